The Bertz CT molecular complexity index is 1020. The highest BCUT2D eigenvalue weighted by atomic mass is 16.1. The van der Waals surface area contributed by atoms with E-state index in [9.17, 15) is 4.79 Å². The van der Waals surface area contributed by atoms with E-state index in [-0.39, 0.29) is 22.8 Å². The minimum atomic E-state index is -0.326. The van der Waals surface area contributed by atoms with Crippen LogP contribution in [0.5, 0.6) is 0 Å². The molecule has 144 valence electrons. The summed E-state index contributed by atoms with van der Waals surface area (Å²) in [6.45, 7) is 3.60. The van der Waals surface area contributed by atoms with Gasteiger partial charge in [0.2, 0.25) is 5.95 Å². The van der Waals surface area contributed by atoms with Gasteiger partial charge in [0.25, 0.3) is 5.91 Å². The second-order valence-corrected chi connectivity index (χ2v) is 7.63. The number of hydrogen-bond donors (Lipinski definition) is 3. The van der Waals surface area contributed by atoms with Crippen LogP contribution >= 0.6 is 0 Å². The maximum atomic E-state index is 12.6. The SMILES string of the molecule is CC1(N)CCN(c2ncc(C(=O)Nc3ccc4ccccc4c3)c(N)n2)CC1. The van der Waals surface area contributed by atoms with Crippen LogP contribution in [0.25, 0.3) is 10.8 Å². The summed E-state index contributed by atoms with van der Waals surface area (Å²) in [6, 6.07) is 13.7. The Balaban J connectivity index is 1.49. The number of fused-ring (bicyclic) bond motifs is 1. The number of rotatable bonds is 3. The van der Waals surface area contributed by atoms with E-state index in [1.807, 2.05) is 42.5 Å². The predicted molar refractivity (Wildman–Crippen MR) is 112 cm³/mol. The lowest BCUT2D eigenvalue weighted by atomic mass is 9.91. The molecule has 4 rings (SSSR count). The van der Waals surface area contributed by atoms with Gasteiger partial charge >= 0.3 is 0 Å². The van der Waals surface area contributed by atoms with Gasteiger partial charge in [-0.1, -0.05) is 30.3 Å². The summed E-state index contributed by atoms with van der Waals surface area (Å²) in [4.78, 5) is 23.4. The third-order valence-electron chi connectivity index (χ3n) is 5.25. The molecule has 1 fully saturated rings. The zero-order valence-electron chi connectivity index (χ0n) is 15.9. The molecular formula is C21H24N6O. The van der Waals surface area contributed by atoms with Crippen LogP contribution in [-0.4, -0.2) is 34.5 Å². The number of nitrogen functional groups attached to an aromatic ring is 1. The Morgan fingerprint density at radius 1 is 1.14 bits per heavy atom. The van der Waals surface area contributed by atoms with Crippen LogP contribution in [0, 0.1) is 0 Å². The first-order valence-corrected chi connectivity index (χ1v) is 9.38. The van der Waals surface area contributed by atoms with E-state index >= 15 is 0 Å². The van der Waals surface area contributed by atoms with Crippen molar-refractivity contribution in [2.75, 3.05) is 29.0 Å². The van der Waals surface area contributed by atoms with E-state index in [0.29, 0.717) is 11.6 Å². The number of piperidine rings is 1. The van der Waals surface area contributed by atoms with Gasteiger partial charge in [-0.2, -0.15) is 4.98 Å². The maximum Gasteiger partial charge on any atom is 0.260 e. The summed E-state index contributed by atoms with van der Waals surface area (Å²) < 4.78 is 0. The van der Waals surface area contributed by atoms with Crippen LogP contribution in [0.1, 0.15) is 30.1 Å². The Labute approximate surface area is 163 Å². The highest BCUT2D eigenvalue weighted by Gasteiger charge is 2.27. The first kappa shape index (κ1) is 18.2. The molecule has 28 heavy (non-hydrogen) atoms. The monoisotopic (exact) mass is 376 g/mol. The molecule has 0 radical (unpaired) electrons. The third-order valence-corrected chi connectivity index (χ3v) is 5.25. The summed E-state index contributed by atoms with van der Waals surface area (Å²) in [5.41, 5.74) is 13.0. The van der Waals surface area contributed by atoms with E-state index in [1.165, 1.54) is 6.20 Å². The quantitative estimate of drug-likeness (QED) is 0.648. The highest BCUT2D eigenvalue weighted by molar-refractivity contribution is 6.07. The molecule has 0 spiro atoms. The molecule has 0 atom stereocenters. The average molecular weight is 376 g/mol. The molecule has 3 aromatic rings. The van der Waals surface area contributed by atoms with E-state index in [0.717, 1.165) is 36.7 Å². The minimum Gasteiger partial charge on any atom is -0.383 e. The molecule has 0 aliphatic carbocycles. The molecule has 5 N–H and O–H groups in total. The fourth-order valence-corrected chi connectivity index (χ4v) is 3.40. The van der Waals surface area contributed by atoms with Crippen molar-refractivity contribution in [3.63, 3.8) is 0 Å². The number of carbonyl (C=O) groups is 1. The Kier molecular flexibility index (Phi) is 4.60. The van der Waals surface area contributed by atoms with Crippen molar-refractivity contribution < 1.29 is 4.79 Å². The molecule has 0 bridgehead atoms. The number of anilines is 3. The highest BCUT2D eigenvalue weighted by Crippen LogP contribution is 2.24. The molecule has 1 aliphatic heterocycles. The van der Waals surface area contributed by atoms with Crippen molar-refractivity contribution >= 4 is 34.1 Å². The Hall–Kier alpha value is -3.19. The fraction of sp³-hybridized carbons (Fsp3) is 0.286. The van der Waals surface area contributed by atoms with Crippen LogP contribution in [-0.2, 0) is 0 Å². The molecule has 0 unspecified atom stereocenters. The molecule has 0 saturated carbocycles. The Morgan fingerprint density at radius 3 is 2.57 bits per heavy atom. The second-order valence-electron chi connectivity index (χ2n) is 7.63. The van der Waals surface area contributed by atoms with Gasteiger partial charge in [0.1, 0.15) is 11.4 Å². The minimum absolute atomic E-state index is 0.151. The van der Waals surface area contributed by atoms with Gasteiger partial charge in [-0.3, -0.25) is 4.79 Å². The number of carbonyl (C=O) groups excluding carboxylic acids is 1. The number of hydrogen-bond acceptors (Lipinski definition) is 6. The van der Waals surface area contributed by atoms with Crippen molar-refractivity contribution in [3.8, 4) is 0 Å². The summed E-state index contributed by atoms with van der Waals surface area (Å²) in [5.74, 6) is 0.382. The fourth-order valence-electron chi connectivity index (χ4n) is 3.40. The van der Waals surface area contributed by atoms with Gasteiger partial charge in [0, 0.05) is 30.5 Å². The first-order chi connectivity index (χ1) is 13.4. The average Bonchev–Trinajstić information content (AvgIpc) is 2.67. The van der Waals surface area contributed by atoms with E-state index in [4.69, 9.17) is 11.5 Å². The lowest BCUT2D eigenvalue weighted by Gasteiger charge is -2.36. The molecule has 2 heterocycles. The number of nitrogens with two attached hydrogens (primary N) is 2. The van der Waals surface area contributed by atoms with Gasteiger partial charge in [-0.25, -0.2) is 4.98 Å². The van der Waals surface area contributed by atoms with Crippen LogP contribution in [0.4, 0.5) is 17.5 Å². The van der Waals surface area contributed by atoms with Gasteiger partial charge < -0.3 is 21.7 Å². The van der Waals surface area contributed by atoms with Crippen molar-refractivity contribution in [2.45, 2.75) is 25.3 Å². The van der Waals surface area contributed by atoms with Crippen molar-refractivity contribution in [2.24, 2.45) is 5.73 Å². The summed E-state index contributed by atoms with van der Waals surface area (Å²) >= 11 is 0. The molecule has 1 amide bonds. The third kappa shape index (κ3) is 3.75. The summed E-state index contributed by atoms with van der Waals surface area (Å²) in [6.07, 6.45) is 3.21. The van der Waals surface area contributed by atoms with Crippen LogP contribution in [0.3, 0.4) is 0 Å². The number of nitrogens with one attached hydrogen (secondary N) is 1. The van der Waals surface area contributed by atoms with Gasteiger partial charge in [0.05, 0.1) is 0 Å². The summed E-state index contributed by atoms with van der Waals surface area (Å²) in [7, 11) is 0. The molecule has 1 aliphatic rings. The zero-order valence-corrected chi connectivity index (χ0v) is 15.9. The van der Waals surface area contributed by atoms with Gasteiger partial charge in [-0.15, -0.1) is 0 Å². The molecule has 1 aromatic heterocycles. The van der Waals surface area contributed by atoms with Gasteiger partial charge in [0.15, 0.2) is 0 Å². The van der Waals surface area contributed by atoms with Crippen molar-refractivity contribution in [3.05, 3.63) is 54.2 Å². The number of aromatic nitrogens is 2. The Morgan fingerprint density at radius 2 is 1.86 bits per heavy atom. The number of nitrogens with zero attached hydrogens (tertiary/aromatic N) is 3. The summed E-state index contributed by atoms with van der Waals surface area (Å²) in [5, 5.41) is 5.04. The lowest BCUT2D eigenvalue weighted by molar-refractivity contribution is 0.102. The van der Waals surface area contributed by atoms with Crippen LogP contribution in [0.15, 0.2) is 48.7 Å². The van der Waals surface area contributed by atoms with Crippen molar-refractivity contribution in [1.82, 2.24) is 9.97 Å². The number of benzene rings is 2. The molecule has 7 nitrogen and oxygen atoms in total. The molecule has 2 aromatic carbocycles. The first-order valence-electron chi connectivity index (χ1n) is 9.38. The topological polar surface area (TPSA) is 110 Å². The van der Waals surface area contributed by atoms with E-state index in [1.54, 1.807) is 0 Å². The van der Waals surface area contributed by atoms with Crippen LogP contribution in [0.2, 0.25) is 0 Å². The number of amides is 1. The molecule has 1 saturated heterocycles. The van der Waals surface area contributed by atoms with Gasteiger partial charge in [-0.05, 0) is 42.7 Å². The molecular weight excluding hydrogens is 352 g/mol. The smallest absolute Gasteiger partial charge is 0.260 e. The predicted octanol–water partition coefficient (Wildman–Crippen LogP) is 2.78. The lowest BCUT2D eigenvalue weighted by Crippen LogP contribution is -2.48. The standard InChI is InChI=1S/C21H24N6O/c1-21(23)8-10-27(11-9-21)20-24-13-17(18(22)26-20)19(28)25-16-7-6-14-4-2-3-5-15(14)12-16/h2-7,12-13H,8-11,23H2,1H3,(H,25,28)(H2,22,24,26). The van der Waals surface area contributed by atoms with Crippen molar-refractivity contribution in [1.29, 1.82) is 0 Å². The molecule has 7 heteroatoms. The second kappa shape index (κ2) is 7.09. The maximum absolute atomic E-state index is 12.6. The van der Waals surface area contributed by atoms with Crippen LogP contribution < -0.4 is 21.7 Å². The normalized spacial score (nSPS) is 16.1. The zero-order chi connectivity index (χ0) is 19.7. The van der Waals surface area contributed by atoms with E-state index < -0.39 is 0 Å². The largest absolute Gasteiger partial charge is 0.383 e. The van der Waals surface area contributed by atoms with E-state index in [2.05, 4.69) is 27.1 Å².